The molecule has 0 radical (unpaired) electrons. The molecule has 114 valence electrons. The average molecular weight is 318 g/mol. The van der Waals surface area contributed by atoms with Gasteiger partial charge in [-0.3, -0.25) is 0 Å². The first-order chi connectivity index (χ1) is 9.63. The summed E-state index contributed by atoms with van der Waals surface area (Å²) < 4.78 is 0. The lowest BCUT2D eigenvalue weighted by Gasteiger charge is -2.36. The molecule has 2 aliphatic rings. The summed E-state index contributed by atoms with van der Waals surface area (Å²) in [4.78, 5) is 25.1. The molecule has 0 aromatic rings. The molecule has 5 nitrogen and oxygen atoms in total. The zero-order valence-electron chi connectivity index (χ0n) is 11.7. The number of aliphatic carboxylic acids is 1. The van der Waals surface area contributed by atoms with Crippen LogP contribution in [0, 0.1) is 0 Å². The van der Waals surface area contributed by atoms with Gasteiger partial charge in [0.2, 0.25) is 0 Å². The standard InChI is InChI=1S/C13H22N2O3S2/c1-19-11-5-3-2-4-9(11)14-13(18)15-6-7-20-8-10(15)12(16)17/h9-11H,2-8H2,1H3,(H,14,18)(H,16,17). The van der Waals surface area contributed by atoms with E-state index in [4.69, 9.17) is 0 Å². The highest BCUT2D eigenvalue weighted by Crippen LogP contribution is 2.27. The zero-order chi connectivity index (χ0) is 14.5. The number of carbonyl (C=O) groups excluding carboxylic acids is 1. The number of nitrogens with zero attached hydrogens (tertiary/aromatic N) is 1. The van der Waals surface area contributed by atoms with Crippen LogP contribution in [0.2, 0.25) is 0 Å². The number of carboxylic acid groups (broad SMARTS) is 1. The third kappa shape index (κ3) is 3.75. The number of hydrogen-bond acceptors (Lipinski definition) is 4. The van der Waals surface area contributed by atoms with Crippen molar-refractivity contribution in [2.24, 2.45) is 0 Å². The Morgan fingerprint density at radius 1 is 1.35 bits per heavy atom. The topological polar surface area (TPSA) is 69.6 Å². The van der Waals surface area contributed by atoms with E-state index in [-0.39, 0.29) is 12.1 Å². The van der Waals surface area contributed by atoms with Gasteiger partial charge in [-0.15, -0.1) is 0 Å². The minimum Gasteiger partial charge on any atom is -0.480 e. The minimum atomic E-state index is -0.905. The number of nitrogens with one attached hydrogen (secondary N) is 1. The Labute approximate surface area is 128 Å². The third-order valence-corrected chi connectivity index (χ3v) is 6.18. The molecule has 0 aromatic carbocycles. The highest BCUT2D eigenvalue weighted by molar-refractivity contribution is 7.99. The molecule has 2 fully saturated rings. The Kier molecular flexibility index (Phi) is 5.89. The number of carboxylic acids is 1. The zero-order valence-corrected chi connectivity index (χ0v) is 13.3. The number of amides is 2. The van der Waals surface area contributed by atoms with Crippen LogP contribution in [-0.2, 0) is 4.79 Å². The van der Waals surface area contributed by atoms with Gasteiger partial charge in [-0.2, -0.15) is 23.5 Å². The van der Waals surface area contributed by atoms with Crippen molar-refractivity contribution in [2.75, 3.05) is 24.3 Å². The first-order valence-electron chi connectivity index (χ1n) is 7.04. The summed E-state index contributed by atoms with van der Waals surface area (Å²) in [5.74, 6) is 0.394. The van der Waals surface area contributed by atoms with Crippen LogP contribution in [0.15, 0.2) is 0 Å². The molecule has 2 amide bonds. The fourth-order valence-electron chi connectivity index (χ4n) is 2.84. The molecule has 0 bridgehead atoms. The van der Waals surface area contributed by atoms with E-state index in [1.165, 1.54) is 11.3 Å². The molecule has 0 spiro atoms. The molecule has 3 atom stereocenters. The number of urea groups is 1. The summed E-state index contributed by atoms with van der Waals surface area (Å²) in [5, 5.41) is 12.7. The summed E-state index contributed by atoms with van der Waals surface area (Å²) in [6.45, 7) is 0.518. The van der Waals surface area contributed by atoms with E-state index in [9.17, 15) is 14.7 Å². The van der Waals surface area contributed by atoms with Crippen molar-refractivity contribution in [1.82, 2.24) is 10.2 Å². The maximum absolute atomic E-state index is 12.4. The summed E-state index contributed by atoms with van der Waals surface area (Å²) in [6, 6.07) is -0.719. The summed E-state index contributed by atoms with van der Waals surface area (Å²) in [5.41, 5.74) is 0. The van der Waals surface area contributed by atoms with Gasteiger partial charge in [0.1, 0.15) is 6.04 Å². The molecule has 1 heterocycles. The van der Waals surface area contributed by atoms with E-state index in [2.05, 4.69) is 11.6 Å². The molecule has 1 aliphatic carbocycles. The van der Waals surface area contributed by atoms with Gasteiger partial charge in [0.15, 0.2) is 0 Å². The molecule has 0 aromatic heterocycles. The number of rotatable bonds is 3. The van der Waals surface area contributed by atoms with E-state index < -0.39 is 12.0 Å². The highest BCUT2D eigenvalue weighted by atomic mass is 32.2. The molecule has 1 saturated heterocycles. The van der Waals surface area contributed by atoms with Crippen LogP contribution >= 0.6 is 23.5 Å². The fourth-order valence-corrected chi connectivity index (χ4v) is 4.81. The van der Waals surface area contributed by atoms with Crippen molar-refractivity contribution in [3.63, 3.8) is 0 Å². The molecule has 1 aliphatic heterocycles. The van der Waals surface area contributed by atoms with Gasteiger partial charge in [0, 0.05) is 29.3 Å². The Hall–Kier alpha value is -0.560. The van der Waals surface area contributed by atoms with Gasteiger partial charge in [-0.25, -0.2) is 9.59 Å². The monoisotopic (exact) mass is 318 g/mol. The highest BCUT2D eigenvalue weighted by Gasteiger charge is 2.34. The largest absolute Gasteiger partial charge is 0.480 e. The number of hydrogen-bond donors (Lipinski definition) is 2. The maximum atomic E-state index is 12.4. The van der Waals surface area contributed by atoms with Crippen LogP contribution in [0.25, 0.3) is 0 Å². The van der Waals surface area contributed by atoms with Crippen molar-refractivity contribution in [2.45, 2.75) is 43.0 Å². The molecule has 20 heavy (non-hydrogen) atoms. The predicted octanol–water partition coefficient (Wildman–Crippen LogP) is 1.87. The van der Waals surface area contributed by atoms with Crippen LogP contribution in [0.4, 0.5) is 4.79 Å². The van der Waals surface area contributed by atoms with E-state index in [0.29, 0.717) is 17.5 Å². The molecule has 3 unspecified atom stereocenters. The summed E-state index contributed by atoms with van der Waals surface area (Å²) in [7, 11) is 0. The van der Waals surface area contributed by atoms with Gasteiger partial charge in [0.05, 0.1) is 0 Å². The lowest BCUT2D eigenvalue weighted by atomic mass is 9.95. The van der Waals surface area contributed by atoms with Gasteiger partial charge in [-0.1, -0.05) is 12.8 Å². The molecular formula is C13H22N2O3S2. The van der Waals surface area contributed by atoms with Gasteiger partial charge >= 0.3 is 12.0 Å². The fraction of sp³-hybridized carbons (Fsp3) is 0.846. The van der Waals surface area contributed by atoms with Crippen LogP contribution in [-0.4, -0.2) is 63.6 Å². The predicted molar refractivity (Wildman–Crippen MR) is 83.5 cm³/mol. The number of thioether (sulfide) groups is 2. The Balaban J connectivity index is 1.96. The van der Waals surface area contributed by atoms with E-state index in [1.807, 2.05) is 0 Å². The van der Waals surface area contributed by atoms with Gasteiger partial charge in [-0.05, 0) is 19.1 Å². The van der Waals surface area contributed by atoms with Crippen molar-refractivity contribution < 1.29 is 14.7 Å². The second kappa shape index (κ2) is 7.45. The van der Waals surface area contributed by atoms with E-state index >= 15 is 0 Å². The Morgan fingerprint density at radius 3 is 2.80 bits per heavy atom. The SMILES string of the molecule is CSC1CCCCC1NC(=O)N1CCSCC1C(=O)O. The molecule has 2 N–H and O–H groups in total. The summed E-state index contributed by atoms with van der Waals surface area (Å²) >= 11 is 3.39. The second-order valence-corrected chi connectivity index (χ2v) is 7.46. The first-order valence-corrected chi connectivity index (χ1v) is 9.48. The Bertz CT molecular complexity index is 368. The van der Waals surface area contributed by atoms with Gasteiger partial charge in [0.25, 0.3) is 0 Å². The third-order valence-electron chi connectivity index (χ3n) is 3.99. The lowest BCUT2D eigenvalue weighted by Crippen LogP contribution is -2.57. The van der Waals surface area contributed by atoms with Crippen LogP contribution in [0.1, 0.15) is 25.7 Å². The lowest BCUT2D eigenvalue weighted by molar-refractivity contribution is -0.141. The van der Waals surface area contributed by atoms with E-state index in [1.54, 1.807) is 23.5 Å². The van der Waals surface area contributed by atoms with Crippen LogP contribution in [0.5, 0.6) is 0 Å². The Morgan fingerprint density at radius 2 is 2.10 bits per heavy atom. The van der Waals surface area contributed by atoms with Crippen molar-refractivity contribution >= 4 is 35.5 Å². The molecule has 1 saturated carbocycles. The molecular weight excluding hydrogens is 296 g/mol. The van der Waals surface area contributed by atoms with Crippen molar-refractivity contribution in [3.05, 3.63) is 0 Å². The second-order valence-electron chi connectivity index (χ2n) is 5.24. The normalized spacial score (nSPS) is 30.9. The van der Waals surface area contributed by atoms with Crippen molar-refractivity contribution in [3.8, 4) is 0 Å². The minimum absolute atomic E-state index is 0.176. The molecule has 2 rings (SSSR count). The van der Waals surface area contributed by atoms with Gasteiger partial charge < -0.3 is 15.3 Å². The average Bonchev–Trinajstić information content (AvgIpc) is 2.47. The smallest absolute Gasteiger partial charge is 0.327 e. The number of carbonyl (C=O) groups is 2. The van der Waals surface area contributed by atoms with Crippen LogP contribution < -0.4 is 5.32 Å². The molecule has 7 heteroatoms. The first kappa shape index (κ1) is 15.8. The van der Waals surface area contributed by atoms with Crippen molar-refractivity contribution in [1.29, 1.82) is 0 Å². The quantitative estimate of drug-likeness (QED) is 0.831. The maximum Gasteiger partial charge on any atom is 0.327 e. The van der Waals surface area contributed by atoms with Crippen LogP contribution in [0.3, 0.4) is 0 Å². The van der Waals surface area contributed by atoms with E-state index in [0.717, 1.165) is 25.0 Å². The summed E-state index contributed by atoms with van der Waals surface area (Å²) in [6.07, 6.45) is 6.56.